The van der Waals surface area contributed by atoms with Crippen molar-refractivity contribution >= 4 is 0 Å². The molecule has 0 radical (unpaired) electrons. The van der Waals surface area contributed by atoms with E-state index in [0.29, 0.717) is 22.6 Å². The van der Waals surface area contributed by atoms with Gasteiger partial charge in [-0.1, -0.05) is 12.1 Å². The Morgan fingerprint density at radius 1 is 1.22 bits per heavy atom. The third kappa shape index (κ3) is 2.65. The molecule has 0 heterocycles. The Labute approximate surface area is 104 Å². The highest BCUT2D eigenvalue weighted by Crippen LogP contribution is 2.26. The molecule has 90 valence electrons. The molecule has 0 aliphatic rings. The molecule has 0 aliphatic heterocycles. The number of hydrogen-bond acceptors (Lipinski definition) is 3. The Morgan fingerprint density at radius 3 is 2.72 bits per heavy atom. The van der Waals surface area contributed by atoms with Crippen LogP contribution in [0.15, 0.2) is 42.5 Å². The van der Waals surface area contributed by atoms with E-state index in [1.807, 2.05) is 6.07 Å². The molecule has 18 heavy (non-hydrogen) atoms. The van der Waals surface area contributed by atoms with Gasteiger partial charge in [-0.25, -0.2) is 4.39 Å². The van der Waals surface area contributed by atoms with Crippen LogP contribution in [0.1, 0.15) is 11.1 Å². The van der Waals surface area contributed by atoms with Gasteiger partial charge in [0.2, 0.25) is 0 Å². The number of benzene rings is 2. The maximum Gasteiger partial charge on any atom is 0.145 e. The molecule has 0 atom stereocenters. The zero-order chi connectivity index (χ0) is 13.0. The number of nitriles is 1. The summed E-state index contributed by atoms with van der Waals surface area (Å²) in [4.78, 5) is 0. The van der Waals surface area contributed by atoms with Crippen LogP contribution in [-0.2, 0) is 6.61 Å². The van der Waals surface area contributed by atoms with E-state index in [1.165, 1.54) is 24.3 Å². The van der Waals surface area contributed by atoms with E-state index >= 15 is 0 Å². The van der Waals surface area contributed by atoms with Crippen molar-refractivity contribution in [3.05, 3.63) is 59.4 Å². The highest BCUT2D eigenvalue weighted by atomic mass is 19.1. The zero-order valence-electron chi connectivity index (χ0n) is 9.43. The standard InChI is InChI=1S/C14H10FNO2/c15-12-2-1-3-13(7-12)18-14-5-4-10(9-17)6-11(14)8-16/h1-7,17H,9H2. The van der Waals surface area contributed by atoms with Crippen molar-refractivity contribution in [2.24, 2.45) is 0 Å². The summed E-state index contributed by atoms with van der Waals surface area (Å²) in [7, 11) is 0. The first kappa shape index (κ1) is 12.1. The SMILES string of the molecule is N#Cc1cc(CO)ccc1Oc1cccc(F)c1. The summed E-state index contributed by atoms with van der Waals surface area (Å²) in [5, 5.41) is 18.0. The molecule has 1 N–H and O–H groups in total. The lowest BCUT2D eigenvalue weighted by Crippen LogP contribution is -1.91. The minimum absolute atomic E-state index is 0.144. The number of hydrogen-bond donors (Lipinski definition) is 1. The molecule has 2 aromatic carbocycles. The van der Waals surface area contributed by atoms with Crippen LogP contribution in [-0.4, -0.2) is 5.11 Å². The number of rotatable bonds is 3. The number of aliphatic hydroxyl groups is 1. The lowest BCUT2D eigenvalue weighted by atomic mass is 10.1. The van der Waals surface area contributed by atoms with Crippen molar-refractivity contribution in [2.45, 2.75) is 6.61 Å². The molecule has 4 heteroatoms. The molecule has 3 nitrogen and oxygen atoms in total. The summed E-state index contributed by atoms with van der Waals surface area (Å²) in [6, 6.07) is 12.4. The minimum Gasteiger partial charge on any atom is -0.456 e. The molecule has 2 rings (SSSR count). The lowest BCUT2D eigenvalue weighted by Gasteiger charge is -2.08. The van der Waals surface area contributed by atoms with Gasteiger partial charge < -0.3 is 9.84 Å². The van der Waals surface area contributed by atoms with Crippen molar-refractivity contribution in [1.29, 1.82) is 5.26 Å². The highest BCUT2D eigenvalue weighted by Gasteiger charge is 2.06. The van der Waals surface area contributed by atoms with Crippen molar-refractivity contribution < 1.29 is 14.2 Å². The van der Waals surface area contributed by atoms with Crippen LogP contribution in [0.4, 0.5) is 4.39 Å². The van der Waals surface area contributed by atoms with Crippen molar-refractivity contribution in [3.63, 3.8) is 0 Å². The molecule has 0 spiro atoms. The monoisotopic (exact) mass is 243 g/mol. The van der Waals surface area contributed by atoms with Crippen LogP contribution in [0.3, 0.4) is 0 Å². The molecule has 0 saturated heterocycles. The third-order valence-corrected chi connectivity index (χ3v) is 2.37. The summed E-state index contributed by atoms with van der Waals surface area (Å²) in [5.74, 6) is 0.251. The summed E-state index contributed by atoms with van der Waals surface area (Å²) < 4.78 is 18.4. The van der Waals surface area contributed by atoms with Crippen LogP contribution >= 0.6 is 0 Å². The lowest BCUT2D eigenvalue weighted by molar-refractivity contribution is 0.281. The predicted octanol–water partition coefficient (Wildman–Crippen LogP) is 2.98. The fourth-order valence-electron chi connectivity index (χ4n) is 1.51. The summed E-state index contributed by atoms with van der Waals surface area (Å²) in [5.41, 5.74) is 0.920. The van der Waals surface area contributed by atoms with Gasteiger partial charge in [0.25, 0.3) is 0 Å². The smallest absolute Gasteiger partial charge is 0.145 e. The normalized spacial score (nSPS) is 9.83. The van der Waals surface area contributed by atoms with Gasteiger partial charge >= 0.3 is 0 Å². The topological polar surface area (TPSA) is 53.2 Å². The molecule has 0 aliphatic carbocycles. The Bertz CT molecular complexity index is 605. The predicted molar refractivity (Wildman–Crippen MR) is 63.6 cm³/mol. The largest absolute Gasteiger partial charge is 0.456 e. The van der Waals surface area contributed by atoms with Gasteiger partial charge in [-0.05, 0) is 29.8 Å². The first-order valence-electron chi connectivity index (χ1n) is 5.30. The maximum absolute atomic E-state index is 13.0. The zero-order valence-corrected chi connectivity index (χ0v) is 9.43. The average molecular weight is 243 g/mol. The molecule has 0 unspecified atom stereocenters. The van der Waals surface area contributed by atoms with E-state index in [4.69, 9.17) is 15.1 Å². The minimum atomic E-state index is -0.405. The Morgan fingerprint density at radius 2 is 2.06 bits per heavy atom. The second kappa shape index (κ2) is 5.30. The molecule has 0 amide bonds. The second-order valence-corrected chi connectivity index (χ2v) is 3.66. The molecular formula is C14H10FNO2. The number of ether oxygens (including phenoxy) is 1. The summed E-state index contributed by atoms with van der Waals surface area (Å²) in [6.45, 7) is -0.144. The fourth-order valence-corrected chi connectivity index (χ4v) is 1.51. The summed E-state index contributed by atoms with van der Waals surface area (Å²) in [6.07, 6.45) is 0. The van der Waals surface area contributed by atoms with Gasteiger partial charge in [-0.15, -0.1) is 0 Å². The van der Waals surface area contributed by atoms with Crippen LogP contribution in [0.5, 0.6) is 11.5 Å². The summed E-state index contributed by atoms with van der Waals surface area (Å²) >= 11 is 0. The molecular weight excluding hydrogens is 233 g/mol. The van der Waals surface area contributed by atoms with E-state index in [1.54, 1.807) is 18.2 Å². The van der Waals surface area contributed by atoms with Gasteiger partial charge in [0.1, 0.15) is 23.4 Å². The quantitative estimate of drug-likeness (QED) is 0.901. The molecule has 0 aromatic heterocycles. The Hall–Kier alpha value is -2.38. The van der Waals surface area contributed by atoms with Crippen LogP contribution in [0, 0.1) is 17.1 Å². The Balaban J connectivity index is 2.32. The van der Waals surface area contributed by atoms with E-state index in [0.717, 1.165) is 0 Å². The second-order valence-electron chi connectivity index (χ2n) is 3.66. The molecule has 0 saturated carbocycles. The van der Waals surface area contributed by atoms with Crippen LogP contribution < -0.4 is 4.74 Å². The van der Waals surface area contributed by atoms with Gasteiger partial charge in [0, 0.05) is 6.07 Å². The van der Waals surface area contributed by atoms with Crippen molar-refractivity contribution in [2.75, 3.05) is 0 Å². The van der Waals surface area contributed by atoms with Crippen molar-refractivity contribution in [3.8, 4) is 17.6 Å². The Kier molecular flexibility index (Phi) is 3.56. The molecule has 2 aromatic rings. The van der Waals surface area contributed by atoms with Crippen LogP contribution in [0.25, 0.3) is 0 Å². The van der Waals surface area contributed by atoms with E-state index in [9.17, 15) is 4.39 Å². The van der Waals surface area contributed by atoms with Gasteiger partial charge in [-0.3, -0.25) is 0 Å². The number of aliphatic hydroxyl groups excluding tert-OH is 1. The first-order chi connectivity index (χ1) is 8.72. The van der Waals surface area contributed by atoms with E-state index in [2.05, 4.69) is 0 Å². The van der Waals surface area contributed by atoms with Gasteiger partial charge in [0.15, 0.2) is 0 Å². The first-order valence-corrected chi connectivity index (χ1v) is 5.30. The van der Waals surface area contributed by atoms with E-state index < -0.39 is 5.82 Å². The highest BCUT2D eigenvalue weighted by molar-refractivity contribution is 5.47. The van der Waals surface area contributed by atoms with Crippen LogP contribution in [0.2, 0.25) is 0 Å². The van der Waals surface area contributed by atoms with Gasteiger partial charge in [0.05, 0.1) is 12.2 Å². The number of halogens is 1. The van der Waals surface area contributed by atoms with Crippen molar-refractivity contribution in [1.82, 2.24) is 0 Å². The third-order valence-electron chi connectivity index (χ3n) is 2.37. The fraction of sp³-hybridized carbons (Fsp3) is 0.0714. The molecule has 0 bridgehead atoms. The van der Waals surface area contributed by atoms with Gasteiger partial charge in [-0.2, -0.15) is 5.26 Å². The average Bonchev–Trinajstić information content (AvgIpc) is 2.39. The van der Waals surface area contributed by atoms with E-state index in [-0.39, 0.29) is 6.61 Å². The maximum atomic E-state index is 13.0. The molecule has 0 fully saturated rings. The number of nitrogens with zero attached hydrogens (tertiary/aromatic N) is 1.